The number of pyridine rings is 1. The second-order valence-electron chi connectivity index (χ2n) is 5.63. The SMILES string of the molecule is Cc1cc2ccccc2nc1NCCC1=CCCCC1. The van der Waals surface area contributed by atoms with Gasteiger partial charge in [0.2, 0.25) is 0 Å². The third-order valence-electron chi connectivity index (χ3n) is 4.04. The zero-order valence-corrected chi connectivity index (χ0v) is 12.2. The molecule has 1 N–H and O–H groups in total. The Morgan fingerprint density at radius 3 is 2.95 bits per heavy atom. The van der Waals surface area contributed by atoms with Crippen LogP contribution in [-0.2, 0) is 0 Å². The summed E-state index contributed by atoms with van der Waals surface area (Å²) in [6.45, 7) is 3.11. The third-order valence-corrected chi connectivity index (χ3v) is 4.04. The van der Waals surface area contributed by atoms with Gasteiger partial charge in [0.15, 0.2) is 0 Å². The first-order valence-corrected chi connectivity index (χ1v) is 7.61. The van der Waals surface area contributed by atoms with Crippen LogP contribution < -0.4 is 5.32 Å². The van der Waals surface area contributed by atoms with Gasteiger partial charge in [0.1, 0.15) is 5.82 Å². The average Bonchev–Trinajstić information content (AvgIpc) is 2.49. The molecule has 0 saturated heterocycles. The van der Waals surface area contributed by atoms with Crippen LogP contribution in [-0.4, -0.2) is 11.5 Å². The summed E-state index contributed by atoms with van der Waals surface area (Å²) >= 11 is 0. The van der Waals surface area contributed by atoms with Gasteiger partial charge in [-0.25, -0.2) is 4.98 Å². The van der Waals surface area contributed by atoms with E-state index in [4.69, 9.17) is 4.98 Å². The van der Waals surface area contributed by atoms with E-state index in [2.05, 4.69) is 42.6 Å². The first-order valence-electron chi connectivity index (χ1n) is 7.61. The molecular weight excluding hydrogens is 244 g/mol. The Balaban J connectivity index is 1.67. The molecule has 0 radical (unpaired) electrons. The summed E-state index contributed by atoms with van der Waals surface area (Å²) in [6.07, 6.45) is 8.84. The molecule has 0 bridgehead atoms. The number of rotatable bonds is 4. The third kappa shape index (κ3) is 3.01. The number of hydrogen-bond donors (Lipinski definition) is 1. The van der Waals surface area contributed by atoms with Crippen molar-refractivity contribution >= 4 is 16.7 Å². The van der Waals surface area contributed by atoms with Gasteiger partial charge in [-0.05, 0) is 56.7 Å². The molecule has 1 aromatic carbocycles. The lowest BCUT2D eigenvalue weighted by Crippen LogP contribution is -2.07. The fourth-order valence-electron chi connectivity index (χ4n) is 2.87. The van der Waals surface area contributed by atoms with E-state index in [-0.39, 0.29) is 0 Å². The molecule has 3 rings (SSSR count). The zero-order chi connectivity index (χ0) is 13.8. The lowest BCUT2D eigenvalue weighted by Gasteiger charge is -2.14. The van der Waals surface area contributed by atoms with Crippen molar-refractivity contribution in [3.05, 3.63) is 47.5 Å². The number of aryl methyl sites for hydroxylation is 1. The molecule has 2 aromatic rings. The molecule has 0 spiro atoms. The zero-order valence-electron chi connectivity index (χ0n) is 12.2. The van der Waals surface area contributed by atoms with Crippen molar-refractivity contribution in [2.24, 2.45) is 0 Å². The number of aromatic nitrogens is 1. The number of anilines is 1. The van der Waals surface area contributed by atoms with E-state index in [1.54, 1.807) is 5.57 Å². The van der Waals surface area contributed by atoms with Crippen LogP contribution in [0.25, 0.3) is 10.9 Å². The maximum Gasteiger partial charge on any atom is 0.129 e. The Hall–Kier alpha value is -1.83. The van der Waals surface area contributed by atoms with Crippen molar-refractivity contribution in [3.63, 3.8) is 0 Å². The molecule has 0 unspecified atom stereocenters. The summed E-state index contributed by atoms with van der Waals surface area (Å²) in [5.74, 6) is 1.03. The van der Waals surface area contributed by atoms with Crippen molar-refractivity contribution in [1.29, 1.82) is 0 Å². The van der Waals surface area contributed by atoms with Crippen LogP contribution in [0.4, 0.5) is 5.82 Å². The number of para-hydroxylation sites is 1. The molecule has 2 heteroatoms. The van der Waals surface area contributed by atoms with Crippen LogP contribution in [0.15, 0.2) is 42.0 Å². The lowest BCUT2D eigenvalue weighted by atomic mass is 9.97. The van der Waals surface area contributed by atoms with E-state index in [1.165, 1.54) is 36.6 Å². The Labute approximate surface area is 120 Å². The highest BCUT2D eigenvalue weighted by Gasteiger charge is 2.05. The average molecular weight is 266 g/mol. The maximum atomic E-state index is 4.73. The topological polar surface area (TPSA) is 24.9 Å². The highest BCUT2D eigenvalue weighted by molar-refractivity contribution is 5.81. The summed E-state index contributed by atoms with van der Waals surface area (Å²) in [4.78, 5) is 4.73. The van der Waals surface area contributed by atoms with E-state index in [1.807, 2.05) is 6.07 Å². The van der Waals surface area contributed by atoms with Crippen molar-refractivity contribution in [3.8, 4) is 0 Å². The van der Waals surface area contributed by atoms with Gasteiger partial charge in [0.25, 0.3) is 0 Å². The lowest BCUT2D eigenvalue weighted by molar-refractivity contribution is 0.679. The van der Waals surface area contributed by atoms with E-state index in [9.17, 15) is 0 Å². The van der Waals surface area contributed by atoms with Crippen LogP contribution in [0.1, 0.15) is 37.7 Å². The van der Waals surface area contributed by atoms with Gasteiger partial charge < -0.3 is 5.32 Å². The molecule has 0 saturated carbocycles. The molecule has 104 valence electrons. The summed E-state index contributed by atoms with van der Waals surface area (Å²) in [5, 5.41) is 4.71. The monoisotopic (exact) mass is 266 g/mol. The van der Waals surface area contributed by atoms with E-state index >= 15 is 0 Å². The minimum atomic E-state index is 0.984. The number of nitrogens with one attached hydrogen (secondary N) is 1. The first-order chi connectivity index (χ1) is 9.83. The Morgan fingerprint density at radius 1 is 1.20 bits per heavy atom. The van der Waals surface area contributed by atoms with Crippen LogP contribution in [0.3, 0.4) is 0 Å². The van der Waals surface area contributed by atoms with Crippen LogP contribution in [0.2, 0.25) is 0 Å². The van der Waals surface area contributed by atoms with Gasteiger partial charge in [0, 0.05) is 11.9 Å². The number of allylic oxidation sites excluding steroid dienone is 1. The number of nitrogens with zero attached hydrogens (tertiary/aromatic N) is 1. The molecule has 1 aliphatic carbocycles. The van der Waals surface area contributed by atoms with Crippen LogP contribution in [0, 0.1) is 6.92 Å². The smallest absolute Gasteiger partial charge is 0.129 e. The summed E-state index contributed by atoms with van der Waals surface area (Å²) in [7, 11) is 0. The van der Waals surface area contributed by atoms with E-state index in [0.29, 0.717) is 0 Å². The summed E-state index contributed by atoms with van der Waals surface area (Å²) < 4.78 is 0. The molecule has 0 aliphatic heterocycles. The molecule has 1 heterocycles. The Morgan fingerprint density at radius 2 is 2.10 bits per heavy atom. The molecule has 0 fully saturated rings. The summed E-state index contributed by atoms with van der Waals surface area (Å²) in [5.41, 5.74) is 3.90. The fraction of sp³-hybridized carbons (Fsp3) is 0.389. The van der Waals surface area contributed by atoms with Crippen molar-refractivity contribution in [1.82, 2.24) is 4.98 Å². The van der Waals surface area contributed by atoms with Gasteiger partial charge in [-0.15, -0.1) is 0 Å². The maximum absolute atomic E-state index is 4.73. The Bertz CT molecular complexity index is 628. The second-order valence-corrected chi connectivity index (χ2v) is 5.63. The highest BCUT2D eigenvalue weighted by atomic mass is 15.0. The number of fused-ring (bicyclic) bond motifs is 1. The minimum absolute atomic E-state index is 0.984. The van der Waals surface area contributed by atoms with E-state index in [0.717, 1.165) is 24.3 Å². The van der Waals surface area contributed by atoms with Crippen LogP contribution in [0.5, 0.6) is 0 Å². The molecular formula is C18H22N2. The minimum Gasteiger partial charge on any atom is -0.370 e. The van der Waals surface area contributed by atoms with Gasteiger partial charge in [-0.3, -0.25) is 0 Å². The fourth-order valence-corrected chi connectivity index (χ4v) is 2.87. The van der Waals surface area contributed by atoms with Gasteiger partial charge in [-0.2, -0.15) is 0 Å². The van der Waals surface area contributed by atoms with Crippen molar-refractivity contribution < 1.29 is 0 Å². The van der Waals surface area contributed by atoms with Crippen LogP contribution >= 0.6 is 0 Å². The van der Waals surface area contributed by atoms with Crippen molar-refractivity contribution in [2.45, 2.75) is 39.0 Å². The Kier molecular flexibility index (Phi) is 4.00. The molecule has 1 aliphatic rings. The summed E-state index contributed by atoms with van der Waals surface area (Å²) in [6, 6.07) is 10.5. The normalized spacial score (nSPS) is 15.2. The number of benzene rings is 1. The predicted molar refractivity (Wildman–Crippen MR) is 86.1 cm³/mol. The second kappa shape index (κ2) is 6.08. The van der Waals surface area contributed by atoms with Gasteiger partial charge in [0.05, 0.1) is 5.52 Å². The van der Waals surface area contributed by atoms with Crippen molar-refractivity contribution in [2.75, 3.05) is 11.9 Å². The quantitative estimate of drug-likeness (QED) is 0.800. The molecule has 0 amide bonds. The molecule has 1 aromatic heterocycles. The predicted octanol–water partition coefficient (Wildman–Crippen LogP) is 4.85. The molecule has 20 heavy (non-hydrogen) atoms. The standard InChI is InChI=1S/C18H22N2/c1-14-13-16-9-5-6-10-17(16)20-18(14)19-12-11-15-7-3-2-4-8-15/h5-7,9-10,13H,2-4,8,11-12H2,1H3,(H,19,20). The number of hydrogen-bond acceptors (Lipinski definition) is 2. The highest BCUT2D eigenvalue weighted by Crippen LogP contribution is 2.22. The first kappa shape index (κ1) is 13.2. The van der Waals surface area contributed by atoms with E-state index < -0.39 is 0 Å². The molecule has 2 nitrogen and oxygen atoms in total. The molecule has 0 atom stereocenters. The largest absolute Gasteiger partial charge is 0.370 e. The van der Waals surface area contributed by atoms with Gasteiger partial charge in [-0.1, -0.05) is 29.8 Å². The van der Waals surface area contributed by atoms with Gasteiger partial charge >= 0.3 is 0 Å².